The monoisotopic (exact) mass is 605 g/mol. The fourth-order valence-electron chi connectivity index (χ4n) is 5.31. The molecule has 44 heavy (non-hydrogen) atoms. The van der Waals surface area contributed by atoms with Crippen LogP contribution in [0.4, 0.5) is 14.5 Å². The lowest BCUT2D eigenvalue weighted by Gasteiger charge is -2.34. The van der Waals surface area contributed by atoms with Crippen molar-refractivity contribution in [2.24, 2.45) is 0 Å². The summed E-state index contributed by atoms with van der Waals surface area (Å²) in [7, 11) is 0. The number of piperazine rings is 1. The van der Waals surface area contributed by atoms with Crippen LogP contribution in [0.15, 0.2) is 36.8 Å². The Balaban J connectivity index is 1.40. The van der Waals surface area contributed by atoms with Crippen LogP contribution in [0.1, 0.15) is 48.3 Å². The van der Waals surface area contributed by atoms with Crippen LogP contribution in [0.5, 0.6) is 5.75 Å². The van der Waals surface area contributed by atoms with Crippen molar-refractivity contribution in [1.29, 1.82) is 0 Å². The first-order valence-corrected chi connectivity index (χ1v) is 13.9. The third kappa shape index (κ3) is 5.10. The first kappa shape index (κ1) is 29.1. The Kier molecular flexibility index (Phi) is 7.03. The predicted molar refractivity (Wildman–Crippen MR) is 153 cm³/mol. The highest BCUT2D eigenvalue weighted by atomic mass is 19.1. The highest BCUT2D eigenvalue weighted by Crippen LogP contribution is 2.39. The molecule has 228 valence electrons. The number of aromatic nitrogens is 4. The van der Waals surface area contributed by atoms with Crippen LogP contribution in [0.2, 0.25) is 0 Å². The molecule has 4 aromatic rings. The number of nitrogens with one attached hydrogen (secondary N) is 1. The lowest BCUT2D eigenvalue weighted by molar-refractivity contribution is -0.126. The molecule has 1 aromatic carbocycles. The van der Waals surface area contributed by atoms with Crippen molar-refractivity contribution >= 4 is 29.1 Å². The van der Waals surface area contributed by atoms with E-state index in [-0.39, 0.29) is 66.1 Å². The Morgan fingerprint density at radius 3 is 2.57 bits per heavy atom. The maximum absolute atomic E-state index is 15.4. The average molecular weight is 606 g/mol. The van der Waals surface area contributed by atoms with E-state index in [9.17, 15) is 19.5 Å². The van der Waals surface area contributed by atoms with Crippen molar-refractivity contribution in [3.63, 3.8) is 0 Å². The normalized spacial score (nSPS) is 17.0. The number of carbonyl (C=O) groups excluding carboxylic acids is 3. The second-order valence-electron chi connectivity index (χ2n) is 11.3. The molecule has 1 atom stereocenters. The number of imidazole rings is 1. The molecule has 2 aliphatic heterocycles. The molecule has 2 N–H and O–H groups in total. The van der Waals surface area contributed by atoms with Gasteiger partial charge in [0.15, 0.2) is 23.5 Å². The van der Waals surface area contributed by atoms with Crippen molar-refractivity contribution in [3.05, 3.63) is 71.2 Å². The summed E-state index contributed by atoms with van der Waals surface area (Å²) in [5.41, 5.74) is 0.521. The predicted octanol–water partition coefficient (Wildman–Crippen LogP) is 2.49. The minimum atomic E-state index is -1.28. The third-order valence-electron chi connectivity index (χ3n) is 7.62. The van der Waals surface area contributed by atoms with Gasteiger partial charge in [-0.05, 0) is 39.8 Å². The molecule has 0 radical (unpaired) electrons. The van der Waals surface area contributed by atoms with Crippen LogP contribution < -0.4 is 15.0 Å². The first-order chi connectivity index (χ1) is 20.8. The van der Waals surface area contributed by atoms with E-state index in [2.05, 4.69) is 20.3 Å². The summed E-state index contributed by atoms with van der Waals surface area (Å²) in [5, 5.41) is 12.8. The standard InChI is InChI=1S/C30H29F2N7O5/c1-15-23(38-12-19(20(31)9-24(38)36-15)18-10-34-29(35-11-18)30(3,4)43)13-39-22-8-17(28(42)37-6-5-33-25(40)14-37)7-21(32)26(22)44-16(2)27(39)41/h7-12,16,43H,5-6,13-14H2,1-4H3,(H,33,40). The number of carbonyl (C=O) groups is 3. The Morgan fingerprint density at radius 2 is 1.89 bits per heavy atom. The van der Waals surface area contributed by atoms with Gasteiger partial charge in [0.1, 0.15) is 17.1 Å². The number of halogens is 2. The molecule has 3 aromatic heterocycles. The second kappa shape index (κ2) is 10.6. The summed E-state index contributed by atoms with van der Waals surface area (Å²) in [6.07, 6.45) is 3.30. The van der Waals surface area contributed by atoms with Crippen LogP contribution in [-0.4, -0.2) is 72.8 Å². The van der Waals surface area contributed by atoms with Gasteiger partial charge >= 0.3 is 0 Å². The molecule has 0 bridgehead atoms. The van der Waals surface area contributed by atoms with E-state index in [0.717, 1.165) is 6.07 Å². The number of fused-ring (bicyclic) bond motifs is 2. The van der Waals surface area contributed by atoms with Gasteiger partial charge in [-0.25, -0.2) is 23.7 Å². The average Bonchev–Trinajstić information content (AvgIpc) is 3.27. The summed E-state index contributed by atoms with van der Waals surface area (Å²) in [6, 6.07) is 3.66. The van der Waals surface area contributed by atoms with Crippen LogP contribution in [-0.2, 0) is 21.7 Å². The van der Waals surface area contributed by atoms with Crippen molar-refractivity contribution in [3.8, 4) is 16.9 Å². The minimum Gasteiger partial charge on any atom is -0.476 e. The van der Waals surface area contributed by atoms with Crippen molar-refractivity contribution in [2.45, 2.75) is 45.9 Å². The Bertz CT molecular complexity index is 1830. The van der Waals surface area contributed by atoms with E-state index in [1.165, 1.54) is 61.3 Å². The van der Waals surface area contributed by atoms with Crippen LogP contribution in [0.3, 0.4) is 0 Å². The molecule has 1 saturated heterocycles. The van der Waals surface area contributed by atoms with Gasteiger partial charge in [-0.15, -0.1) is 0 Å². The Hall–Kier alpha value is -4.98. The molecule has 5 heterocycles. The van der Waals surface area contributed by atoms with E-state index in [1.807, 2.05) is 0 Å². The topological polar surface area (TPSA) is 142 Å². The number of pyridine rings is 1. The first-order valence-electron chi connectivity index (χ1n) is 13.9. The maximum Gasteiger partial charge on any atom is 0.268 e. The van der Waals surface area contributed by atoms with E-state index >= 15 is 8.78 Å². The van der Waals surface area contributed by atoms with Crippen LogP contribution in [0.25, 0.3) is 16.8 Å². The Labute approximate surface area is 250 Å². The molecule has 0 saturated carbocycles. The third-order valence-corrected chi connectivity index (χ3v) is 7.62. The number of ether oxygens (including phenoxy) is 1. The van der Waals surface area contributed by atoms with E-state index in [1.54, 1.807) is 11.3 Å². The van der Waals surface area contributed by atoms with Gasteiger partial charge in [-0.1, -0.05) is 0 Å². The molecule has 6 rings (SSSR count). The minimum absolute atomic E-state index is 0.0411. The second-order valence-corrected chi connectivity index (χ2v) is 11.3. The fourth-order valence-corrected chi connectivity index (χ4v) is 5.31. The summed E-state index contributed by atoms with van der Waals surface area (Å²) in [6.45, 7) is 6.54. The molecule has 1 unspecified atom stereocenters. The molecule has 0 spiro atoms. The SMILES string of the molecule is Cc1nc2cc(F)c(-c3cnc(C(C)(C)O)nc3)cn2c1CN1C(=O)C(C)Oc2c(F)cc(C(=O)N3CCNC(=O)C3)cc21. The molecular formula is C30H29F2N7O5. The Morgan fingerprint density at radius 1 is 1.16 bits per heavy atom. The lowest BCUT2D eigenvalue weighted by atomic mass is 10.1. The number of aryl methyl sites for hydroxylation is 1. The van der Waals surface area contributed by atoms with Gasteiger partial charge in [-0.3, -0.25) is 19.3 Å². The van der Waals surface area contributed by atoms with Crippen LogP contribution in [0, 0.1) is 18.6 Å². The zero-order valence-electron chi connectivity index (χ0n) is 24.4. The molecule has 2 aliphatic rings. The van der Waals surface area contributed by atoms with Crippen molar-refractivity contribution in [2.75, 3.05) is 24.5 Å². The summed E-state index contributed by atoms with van der Waals surface area (Å²) in [5.74, 6) is -2.78. The molecule has 3 amide bonds. The lowest BCUT2D eigenvalue weighted by Crippen LogP contribution is -2.50. The van der Waals surface area contributed by atoms with Gasteiger partial charge in [-0.2, -0.15) is 0 Å². The van der Waals surface area contributed by atoms with E-state index < -0.39 is 35.2 Å². The number of anilines is 1. The zero-order valence-corrected chi connectivity index (χ0v) is 24.4. The van der Waals surface area contributed by atoms with Gasteiger partial charge in [0.2, 0.25) is 5.91 Å². The largest absolute Gasteiger partial charge is 0.476 e. The zero-order chi connectivity index (χ0) is 31.5. The maximum atomic E-state index is 15.4. The summed E-state index contributed by atoms with van der Waals surface area (Å²) >= 11 is 0. The summed E-state index contributed by atoms with van der Waals surface area (Å²) < 4.78 is 37.9. The smallest absolute Gasteiger partial charge is 0.268 e. The van der Waals surface area contributed by atoms with Gasteiger partial charge in [0.05, 0.1) is 30.2 Å². The number of hydrogen-bond donors (Lipinski definition) is 2. The number of rotatable bonds is 5. The molecule has 0 aliphatic carbocycles. The molecular weight excluding hydrogens is 576 g/mol. The highest BCUT2D eigenvalue weighted by Gasteiger charge is 2.36. The highest BCUT2D eigenvalue weighted by molar-refractivity contribution is 6.03. The van der Waals surface area contributed by atoms with Gasteiger partial charge < -0.3 is 24.5 Å². The quantitative estimate of drug-likeness (QED) is 0.354. The fraction of sp³-hybridized carbons (Fsp3) is 0.333. The van der Waals surface area contributed by atoms with Gasteiger partial charge in [0.25, 0.3) is 11.8 Å². The number of amides is 3. The van der Waals surface area contributed by atoms with Crippen LogP contribution >= 0.6 is 0 Å². The number of nitrogens with zero attached hydrogens (tertiary/aromatic N) is 6. The molecule has 14 heteroatoms. The number of aliphatic hydroxyl groups is 1. The molecule has 1 fully saturated rings. The van der Waals surface area contributed by atoms with E-state index in [4.69, 9.17) is 4.74 Å². The van der Waals surface area contributed by atoms with Crippen molar-refractivity contribution < 1.29 is 33.0 Å². The molecule has 12 nitrogen and oxygen atoms in total. The number of benzene rings is 1. The van der Waals surface area contributed by atoms with E-state index in [0.29, 0.717) is 17.0 Å². The number of hydrogen-bond acceptors (Lipinski definition) is 8. The van der Waals surface area contributed by atoms with Crippen molar-refractivity contribution in [1.82, 2.24) is 29.6 Å². The summed E-state index contributed by atoms with van der Waals surface area (Å²) in [4.78, 5) is 54.0. The van der Waals surface area contributed by atoms with Gasteiger partial charge in [0, 0.05) is 54.4 Å².